The van der Waals surface area contributed by atoms with Crippen LogP contribution in [0.5, 0.6) is 0 Å². The van der Waals surface area contributed by atoms with E-state index in [0.717, 1.165) is 18.5 Å². The summed E-state index contributed by atoms with van der Waals surface area (Å²) in [5, 5.41) is 8.72. The third kappa shape index (κ3) is 3.31. The van der Waals surface area contributed by atoms with Crippen LogP contribution in [0, 0.1) is 0 Å². The van der Waals surface area contributed by atoms with E-state index in [1.807, 2.05) is 6.92 Å². The number of amides is 1. The summed E-state index contributed by atoms with van der Waals surface area (Å²) >= 11 is 0. The lowest BCUT2D eigenvalue weighted by molar-refractivity contribution is -0.116. The van der Waals surface area contributed by atoms with E-state index in [1.165, 1.54) is 28.8 Å². The summed E-state index contributed by atoms with van der Waals surface area (Å²) in [7, 11) is 0. The minimum atomic E-state index is -0.413. The maximum atomic E-state index is 12.6. The number of carbonyl (C=O) groups excluding carboxylic acids is 2. The molecule has 0 unspecified atom stereocenters. The minimum absolute atomic E-state index is 0.0230. The predicted octanol–water partition coefficient (Wildman–Crippen LogP) is 4.58. The number of anilines is 2. The van der Waals surface area contributed by atoms with E-state index in [4.69, 9.17) is 0 Å². The van der Waals surface area contributed by atoms with Crippen molar-refractivity contribution < 1.29 is 9.59 Å². The highest BCUT2D eigenvalue weighted by Crippen LogP contribution is 2.35. The molecule has 1 aliphatic carbocycles. The molecule has 0 saturated carbocycles. The molecule has 1 aliphatic rings. The topological polar surface area (TPSA) is 58.2 Å². The van der Waals surface area contributed by atoms with E-state index >= 15 is 0 Å². The highest BCUT2D eigenvalue weighted by atomic mass is 16.2. The molecule has 27 heavy (non-hydrogen) atoms. The van der Waals surface area contributed by atoms with Gasteiger partial charge in [-0.15, -0.1) is 0 Å². The van der Waals surface area contributed by atoms with Gasteiger partial charge >= 0.3 is 0 Å². The van der Waals surface area contributed by atoms with Gasteiger partial charge in [0.05, 0.1) is 0 Å². The van der Waals surface area contributed by atoms with E-state index in [9.17, 15) is 9.59 Å². The Kier molecular flexibility index (Phi) is 4.40. The van der Waals surface area contributed by atoms with E-state index in [-0.39, 0.29) is 11.7 Å². The average Bonchev–Trinajstić information content (AvgIpc) is 3.09. The average molecular weight is 358 g/mol. The fraction of sp³-hybridized carbons (Fsp3) is 0.217. The molecule has 4 rings (SSSR count). The number of ketones is 1. The van der Waals surface area contributed by atoms with Crippen molar-refractivity contribution >= 4 is 33.8 Å². The zero-order chi connectivity index (χ0) is 19.0. The number of carbonyl (C=O) groups is 2. The lowest BCUT2D eigenvalue weighted by Crippen LogP contribution is -2.32. The van der Waals surface area contributed by atoms with E-state index in [1.54, 1.807) is 24.3 Å². The first-order valence-electron chi connectivity index (χ1n) is 9.25. The van der Waals surface area contributed by atoms with E-state index in [2.05, 4.69) is 41.0 Å². The third-order valence-corrected chi connectivity index (χ3v) is 5.18. The van der Waals surface area contributed by atoms with Gasteiger partial charge in [-0.05, 0) is 61.4 Å². The van der Waals surface area contributed by atoms with Gasteiger partial charge in [0.1, 0.15) is 6.04 Å². The zero-order valence-electron chi connectivity index (χ0n) is 15.5. The first-order valence-corrected chi connectivity index (χ1v) is 9.25. The molecule has 3 aromatic carbocycles. The monoisotopic (exact) mass is 358 g/mol. The Balaban J connectivity index is 1.54. The number of aryl methyl sites for hydroxylation is 2. The number of hydrogen-bond acceptors (Lipinski definition) is 3. The SMILES string of the molecule is CC(=O)c1cccc(NC(=O)[C@H](C)Nc2ccc3c4c(cccc24)CC3)c1. The van der Waals surface area contributed by atoms with E-state index < -0.39 is 6.04 Å². The molecule has 3 aromatic rings. The molecule has 0 fully saturated rings. The zero-order valence-corrected chi connectivity index (χ0v) is 15.5. The minimum Gasteiger partial charge on any atom is -0.373 e. The second-order valence-electron chi connectivity index (χ2n) is 7.10. The number of rotatable bonds is 5. The van der Waals surface area contributed by atoms with Gasteiger partial charge in [-0.1, -0.05) is 36.4 Å². The summed E-state index contributed by atoms with van der Waals surface area (Å²) < 4.78 is 0. The molecule has 136 valence electrons. The summed E-state index contributed by atoms with van der Waals surface area (Å²) in [6.45, 7) is 3.36. The van der Waals surface area contributed by atoms with Crippen molar-refractivity contribution in [1.82, 2.24) is 0 Å². The van der Waals surface area contributed by atoms with Crippen molar-refractivity contribution in [3.8, 4) is 0 Å². The van der Waals surface area contributed by atoms with Crippen LogP contribution in [0.25, 0.3) is 10.8 Å². The van der Waals surface area contributed by atoms with Gasteiger partial charge < -0.3 is 10.6 Å². The van der Waals surface area contributed by atoms with E-state index in [0.29, 0.717) is 11.3 Å². The molecule has 0 radical (unpaired) electrons. The van der Waals surface area contributed by atoms with Gasteiger partial charge in [-0.3, -0.25) is 9.59 Å². The summed E-state index contributed by atoms with van der Waals surface area (Å²) in [4.78, 5) is 24.1. The molecule has 0 aliphatic heterocycles. The Labute approximate surface area is 158 Å². The first-order chi connectivity index (χ1) is 13.0. The second kappa shape index (κ2) is 6.88. The van der Waals surface area contributed by atoms with Crippen LogP contribution in [-0.2, 0) is 17.6 Å². The molecule has 0 heterocycles. The van der Waals surface area contributed by atoms with Crippen LogP contribution in [0.4, 0.5) is 11.4 Å². The number of benzene rings is 3. The first kappa shape index (κ1) is 17.3. The molecule has 0 saturated heterocycles. The van der Waals surface area contributed by atoms with Crippen LogP contribution in [0.2, 0.25) is 0 Å². The second-order valence-corrected chi connectivity index (χ2v) is 7.10. The molecule has 1 atom stereocenters. The Hall–Kier alpha value is -3.14. The fourth-order valence-corrected chi connectivity index (χ4v) is 3.74. The highest BCUT2D eigenvalue weighted by molar-refractivity contribution is 6.03. The van der Waals surface area contributed by atoms with Gasteiger partial charge in [0.25, 0.3) is 0 Å². The molecule has 2 N–H and O–H groups in total. The molecule has 4 heteroatoms. The number of nitrogens with one attached hydrogen (secondary N) is 2. The van der Waals surface area contributed by atoms with Crippen molar-refractivity contribution in [3.05, 3.63) is 71.3 Å². The standard InChI is InChI=1S/C23H22N2O2/c1-14(23(27)25-19-7-3-6-18(13-19)15(2)26)24-21-12-11-17-10-9-16-5-4-8-20(21)22(16)17/h3-8,11-14,24H,9-10H2,1-2H3,(H,25,27)/t14-/m0/s1. The van der Waals surface area contributed by atoms with Crippen LogP contribution in [0.1, 0.15) is 35.3 Å². The summed E-state index contributed by atoms with van der Waals surface area (Å²) in [5.41, 5.74) is 4.94. The maximum Gasteiger partial charge on any atom is 0.246 e. The van der Waals surface area contributed by atoms with Crippen LogP contribution in [0.3, 0.4) is 0 Å². The normalized spacial score (nSPS) is 13.4. The summed E-state index contributed by atoms with van der Waals surface area (Å²) in [6, 6.07) is 17.2. The van der Waals surface area contributed by atoms with Crippen molar-refractivity contribution in [3.63, 3.8) is 0 Å². The number of hydrogen-bond donors (Lipinski definition) is 2. The predicted molar refractivity (Wildman–Crippen MR) is 110 cm³/mol. The van der Waals surface area contributed by atoms with Crippen molar-refractivity contribution in [2.45, 2.75) is 32.7 Å². The van der Waals surface area contributed by atoms with Crippen LogP contribution in [-0.4, -0.2) is 17.7 Å². The number of Topliss-reactive ketones (excluding diaryl/α,β-unsaturated/α-hetero) is 1. The van der Waals surface area contributed by atoms with Crippen molar-refractivity contribution in [2.24, 2.45) is 0 Å². The lowest BCUT2D eigenvalue weighted by Gasteiger charge is -2.18. The van der Waals surface area contributed by atoms with Crippen molar-refractivity contribution in [2.75, 3.05) is 10.6 Å². The highest BCUT2D eigenvalue weighted by Gasteiger charge is 2.18. The largest absolute Gasteiger partial charge is 0.373 e. The van der Waals surface area contributed by atoms with Gasteiger partial charge in [0.2, 0.25) is 5.91 Å². The lowest BCUT2D eigenvalue weighted by atomic mass is 10.0. The van der Waals surface area contributed by atoms with Crippen molar-refractivity contribution in [1.29, 1.82) is 0 Å². The van der Waals surface area contributed by atoms with Gasteiger partial charge in [0, 0.05) is 22.3 Å². The molecule has 1 amide bonds. The summed E-state index contributed by atoms with van der Waals surface area (Å²) in [6.07, 6.45) is 2.16. The van der Waals surface area contributed by atoms with Gasteiger partial charge in [-0.25, -0.2) is 0 Å². The smallest absolute Gasteiger partial charge is 0.246 e. The van der Waals surface area contributed by atoms with Crippen LogP contribution < -0.4 is 10.6 Å². The van der Waals surface area contributed by atoms with Crippen LogP contribution >= 0.6 is 0 Å². The Bertz CT molecular complexity index is 1050. The summed E-state index contributed by atoms with van der Waals surface area (Å²) in [5.74, 6) is -0.163. The van der Waals surface area contributed by atoms with Gasteiger partial charge in [-0.2, -0.15) is 0 Å². The quantitative estimate of drug-likeness (QED) is 0.656. The third-order valence-electron chi connectivity index (χ3n) is 5.18. The molecule has 4 nitrogen and oxygen atoms in total. The van der Waals surface area contributed by atoms with Crippen LogP contribution in [0.15, 0.2) is 54.6 Å². The molecule has 0 spiro atoms. The van der Waals surface area contributed by atoms with Gasteiger partial charge in [0.15, 0.2) is 5.78 Å². The molecular weight excluding hydrogens is 336 g/mol. The molecule has 0 bridgehead atoms. The fourth-order valence-electron chi connectivity index (χ4n) is 3.74. The molecular formula is C23H22N2O2. The molecule has 0 aromatic heterocycles. The Morgan fingerprint density at radius 1 is 0.963 bits per heavy atom. The Morgan fingerprint density at radius 2 is 1.70 bits per heavy atom. The Morgan fingerprint density at radius 3 is 2.48 bits per heavy atom. The maximum absolute atomic E-state index is 12.6.